The SMILES string of the molecule is CC1(C)c2cccc(-n3c4ccccc4n4c5ccccc5nc34)c2Sc2ccc(-n3c4ccccc4n4c5ccccc5nc34)cc2[Si]1(C)C. The fraction of sp³-hybridized carbons (Fsp3) is 0.116. The fourth-order valence-electron chi connectivity index (χ4n) is 8.51. The molecule has 0 bridgehead atoms. The fourth-order valence-corrected chi connectivity index (χ4v) is 13.5. The summed E-state index contributed by atoms with van der Waals surface area (Å²) in [6.45, 7) is 10.1. The Hall–Kier alpha value is -5.57. The number of imidazole rings is 4. The van der Waals surface area contributed by atoms with Crippen LogP contribution in [0.1, 0.15) is 19.4 Å². The second-order valence-electron chi connectivity index (χ2n) is 14.8. The van der Waals surface area contributed by atoms with E-state index in [4.69, 9.17) is 9.97 Å². The summed E-state index contributed by atoms with van der Waals surface area (Å²) in [6, 6.07) is 48.3. The maximum Gasteiger partial charge on any atom is 0.220 e. The molecular formula is C43H34N6SSi. The van der Waals surface area contributed by atoms with Crippen LogP contribution in [0, 0.1) is 0 Å². The van der Waals surface area contributed by atoms with Gasteiger partial charge in [0, 0.05) is 15.5 Å². The van der Waals surface area contributed by atoms with Crippen LogP contribution in [0.2, 0.25) is 13.1 Å². The molecular weight excluding hydrogens is 661 g/mol. The highest BCUT2D eigenvalue weighted by atomic mass is 32.2. The average molecular weight is 695 g/mol. The van der Waals surface area contributed by atoms with Gasteiger partial charge in [0.2, 0.25) is 11.6 Å². The third kappa shape index (κ3) is 3.73. The molecule has 6 nitrogen and oxygen atoms in total. The van der Waals surface area contributed by atoms with E-state index in [1.54, 1.807) is 0 Å². The Kier molecular flexibility index (Phi) is 5.74. The minimum Gasteiger partial charge on any atom is -0.278 e. The lowest BCUT2D eigenvalue weighted by molar-refractivity contribution is 0.707. The van der Waals surface area contributed by atoms with Crippen LogP contribution in [0.4, 0.5) is 0 Å². The highest BCUT2D eigenvalue weighted by Gasteiger charge is 2.47. The van der Waals surface area contributed by atoms with E-state index in [1.165, 1.54) is 26.2 Å². The van der Waals surface area contributed by atoms with Crippen LogP contribution in [0.25, 0.3) is 67.1 Å². The number of hydrogen-bond donors (Lipinski definition) is 0. The van der Waals surface area contributed by atoms with Crippen molar-refractivity contribution >= 4 is 80.7 Å². The molecule has 0 unspecified atom stereocenters. The van der Waals surface area contributed by atoms with Crippen molar-refractivity contribution in [2.24, 2.45) is 0 Å². The lowest BCUT2D eigenvalue weighted by Crippen LogP contribution is -2.57. The molecule has 0 aliphatic carbocycles. The van der Waals surface area contributed by atoms with E-state index < -0.39 is 8.07 Å². The van der Waals surface area contributed by atoms with Crippen molar-refractivity contribution in [2.75, 3.05) is 0 Å². The van der Waals surface area contributed by atoms with Gasteiger partial charge in [-0.05, 0) is 88.6 Å². The Morgan fingerprint density at radius 2 is 1.08 bits per heavy atom. The van der Waals surface area contributed by atoms with Crippen molar-refractivity contribution in [2.45, 2.75) is 41.8 Å². The zero-order chi connectivity index (χ0) is 34.2. The number of para-hydroxylation sites is 8. The van der Waals surface area contributed by atoms with E-state index in [1.807, 2.05) is 11.8 Å². The minimum atomic E-state index is -2.18. The first-order valence-electron chi connectivity index (χ1n) is 17.5. The molecule has 8 heteroatoms. The maximum atomic E-state index is 5.23. The van der Waals surface area contributed by atoms with Gasteiger partial charge >= 0.3 is 0 Å². The Bertz CT molecular complexity index is 3080. The Morgan fingerprint density at radius 1 is 0.549 bits per heavy atom. The van der Waals surface area contributed by atoms with Crippen LogP contribution in [-0.4, -0.2) is 36.0 Å². The van der Waals surface area contributed by atoms with Crippen molar-refractivity contribution in [3.8, 4) is 11.4 Å². The van der Waals surface area contributed by atoms with Crippen LogP contribution in [0.15, 0.2) is 143 Å². The van der Waals surface area contributed by atoms with Crippen molar-refractivity contribution in [3.63, 3.8) is 0 Å². The van der Waals surface area contributed by atoms with Crippen molar-refractivity contribution in [1.29, 1.82) is 0 Å². The number of benzene rings is 6. The largest absolute Gasteiger partial charge is 0.278 e. The van der Waals surface area contributed by atoms with Gasteiger partial charge in [-0.15, -0.1) is 0 Å². The summed E-state index contributed by atoms with van der Waals surface area (Å²) < 4.78 is 9.36. The van der Waals surface area contributed by atoms with Crippen LogP contribution >= 0.6 is 11.8 Å². The van der Waals surface area contributed by atoms with Gasteiger partial charge in [-0.25, -0.2) is 9.97 Å². The average Bonchev–Trinajstić information content (AvgIpc) is 3.87. The molecule has 4 aromatic heterocycles. The van der Waals surface area contributed by atoms with E-state index in [0.717, 1.165) is 61.4 Å². The molecule has 10 aromatic rings. The molecule has 0 atom stereocenters. The van der Waals surface area contributed by atoms with Crippen LogP contribution in [0.5, 0.6) is 0 Å². The number of rotatable bonds is 2. The molecule has 11 rings (SSSR count). The minimum absolute atomic E-state index is 0.0787. The van der Waals surface area contributed by atoms with E-state index >= 15 is 0 Å². The van der Waals surface area contributed by atoms with E-state index in [2.05, 4.69) is 178 Å². The summed E-state index contributed by atoms with van der Waals surface area (Å²) in [5, 5.41) is 1.39. The Balaban J connectivity index is 1.17. The first-order valence-corrected chi connectivity index (χ1v) is 21.3. The third-order valence-electron chi connectivity index (χ3n) is 11.8. The monoisotopic (exact) mass is 694 g/mol. The molecule has 0 spiro atoms. The molecule has 0 amide bonds. The van der Waals surface area contributed by atoms with Gasteiger partial charge in [0.25, 0.3) is 0 Å². The zero-order valence-corrected chi connectivity index (χ0v) is 30.6. The summed E-state index contributed by atoms with van der Waals surface area (Å²) in [5.74, 6) is 1.88. The van der Waals surface area contributed by atoms with Gasteiger partial charge in [-0.3, -0.25) is 17.9 Å². The molecule has 246 valence electrons. The molecule has 5 heterocycles. The molecule has 0 N–H and O–H groups in total. The van der Waals surface area contributed by atoms with Gasteiger partial charge in [0.15, 0.2) is 0 Å². The standard InChI is InChI=1S/C43H34N6SSi/c1-43(2)28-14-13-23-37(49-36-22-12-11-21-35(36)48-32-18-8-6-16-30(32)45-42(48)49)40(28)50-38-25-24-27(26-39(38)51(43,3)4)46-33-19-9-10-20-34(33)47-31-17-7-5-15-29(31)44-41(46)47/h5-26H,1-4H3. The zero-order valence-electron chi connectivity index (χ0n) is 28.8. The molecule has 0 saturated heterocycles. The quantitative estimate of drug-likeness (QED) is 0.169. The van der Waals surface area contributed by atoms with Gasteiger partial charge in [0.1, 0.15) is 0 Å². The highest BCUT2D eigenvalue weighted by Crippen LogP contribution is 2.49. The third-order valence-corrected chi connectivity index (χ3v) is 18.3. The van der Waals surface area contributed by atoms with Gasteiger partial charge in [-0.2, -0.15) is 0 Å². The van der Waals surface area contributed by atoms with E-state index in [-0.39, 0.29) is 5.04 Å². The number of aromatic nitrogens is 6. The molecule has 6 aromatic carbocycles. The topological polar surface area (TPSA) is 44.5 Å². The summed E-state index contributed by atoms with van der Waals surface area (Å²) in [6.07, 6.45) is 0. The van der Waals surface area contributed by atoms with Crippen molar-refractivity contribution in [1.82, 2.24) is 27.9 Å². The molecule has 1 aliphatic heterocycles. The number of hydrogen-bond acceptors (Lipinski definition) is 3. The predicted molar refractivity (Wildman–Crippen MR) is 213 cm³/mol. The summed E-state index contributed by atoms with van der Waals surface area (Å²) in [4.78, 5) is 13.0. The number of fused-ring (bicyclic) bond motifs is 12. The van der Waals surface area contributed by atoms with Gasteiger partial charge in [-0.1, -0.05) is 99.4 Å². The second kappa shape index (κ2) is 10.0. The van der Waals surface area contributed by atoms with Gasteiger partial charge < -0.3 is 0 Å². The summed E-state index contributed by atoms with van der Waals surface area (Å²) >= 11 is 1.92. The smallest absolute Gasteiger partial charge is 0.220 e. The van der Waals surface area contributed by atoms with Crippen LogP contribution < -0.4 is 5.19 Å². The molecule has 0 radical (unpaired) electrons. The highest BCUT2D eigenvalue weighted by molar-refractivity contribution is 7.99. The summed E-state index contributed by atoms with van der Waals surface area (Å²) in [7, 11) is -2.18. The van der Waals surface area contributed by atoms with Crippen LogP contribution in [-0.2, 0) is 5.04 Å². The summed E-state index contributed by atoms with van der Waals surface area (Å²) in [5.41, 5.74) is 12.6. The predicted octanol–water partition coefficient (Wildman–Crippen LogP) is 10.1. The Morgan fingerprint density at radius 3 is 1.71 bits per heavy atom. The second-order valence-corrected chi connectivity index (χ2v) is 20.9. The molecule has 51 heavy (non-hydrogen) atoms. The van der Waals surface area contributed by atoms with E-state index in [0.29, 0.717) is 0 Å². The first-order chi connectivity index (χ1) is 24.8. The molecule has 0 fully saturated rings. The van der Waals surface area contributed by atoms with Crippen molar-refractivity contribution in [3.05, 3.63) is 139 Å². The first kappa shape index (κ1) is 29.2. The normalized spacial score (nSPS) is 15.3. The lowest BCUT2D eigenvalue weighted by atomic mass is 10.0. The van der Waals surface area contributed by atoms with Crippen LogP contribution in [0.3, 0.4) is 0 Å². The lowest BCUT2D eigenvalue weighted by Gasteiger charge is -2.41. The Labute approximate surface area is 299 Å². The van der Waals surface area contributed by atoms with Gasteiger partial charge in [0.05, 0.1) is 57.9 Å². The van der Waals surface area contributed by atoms with Crippen molar-refractivity contribution < 1.29 is 0 Å². The van der Waals surface area contributed by atoms with E-state index in [9.17, 15) is 0 Å². The maximum absolute atomic E-state index is 5.23. The number of nitrogens with zero attached hydrogens (tertiary/aromatic N) is 6. The molecule has 1 aliphatic rings. The molecule has 0 saturated carbocycles.